The molecule has 0 unspecified atom stereocenters. The summed E-state index contributed by atoms with van der Waals surface area (Å²) in [6.07, 6.45) is 4.44. The van der Waals surface area contributed by atoms with Crippen LogP contribution in [-0.4, -0.2) is 59.9 Å². The summed E-state index contributed by atoms with van der Waals surface area (Å²) < 4.78 is 1.58. The third-order valence-electron chi connectivity index (χ3n) is 4.57. The molecule has 0 saturated carbocycles. The average Bonchev–Trinajstić information content (AvgIpc) is 3.11. The molecule has 0 bridgehead atoms. The molecule has 9 heteroatoms. The predicted octanol–water partition coefficient (Wildman–Crippen LogP) is 1.68. The molecule has 0 aromatic carbocycles. The smallest absolute Gasteiger partial charge is 0.358 e. The van der Waals surface area contributed by atoms with Crippen molar-refractivity contribution in [3.05, 3.63) is 35.2 Å². The number of carbonyl (C=O) groups excluding carboxylic acids is 1. The van der Waals surface area contributed by atoms with E-state index in [9.17, 15) is 9.59 Å². The van der Waals surface area contributed by atoms with Crippen LogP contribution in [0.1, 0.15) is 71.0 Å². The lowest BCUT2D eigenvalue weighted by Crippen LogP contribution is -2.39. The Kier molecular flexibility index (Phi) is 4.97. The molecule has 2 aromatic heterocycles. The Balaban J connectivity index is 1.70. The molecule has 0 radical (unpaired) electrons. The monoisotopic (exact) mass is 358 g/mol. The predicted molar refractivity (Wildman–Crippen MR) is 92.0 cm³/mol. The first kappa shape index (κ1) is 18.0. The average molecular weight is 358 g/mol. The minimum absolute atomic E-state index is 0.0403. The second kappa shape index (κ2) is 7.19. The Hall–Kier alpha value is -2.84. The summed E-state index contributed by atoms with van der Waals surface area (Å²) in [5.41, 5.74) is 1.26. The molecule has 1 aliphatic rings. The van der Waals surface area contributed by atoms with Crippen molar-refractivity contribution in [3.8, 4) is 0 Å². The molecule has 0 spiro atoms. The summed E-state index contributed by atoms with van der Waals surface area (Å²) in [7, 11) is 0. The summed E-state index contributed by atoms with van der Waals surface area (Å²) in [6.45, 7) is 6.97. The summed E-state index contributed by atoms with van der Waals surface area (Å²) in [5, 5.41) is 16.5. The van der Waals surface area contributed by atoms with Gasteiger partial charge in [-0.25, -0.2) is 19.4 Å². The highest BCUT2D eigenvalue weighted by molar-refractivity contribution is 5.95. The Morgan fingerprint density at radius 3 is 2.54 bits per heavy atom. The van der Waals surface area contributed by atoms with Crippen LogP contribution in [0.4, 0.5) is 0 Å². The van der Waals surface area contributed by atoms with E-state index in [1.807, 2.05) is 20.8 Å². The van der Waals surface area contributed by atoms with E-state index < -0.39 is 5.97 Å². The van der Waals surface area contributed by atoms with E-state index in [0.29, 0.717) is 37.3 Å². The molecule has 138 valence electrons. The first-order valence-electron chi connectivity index (χ1n) is 8.64. The van der Waals surface area contributed by atoms with Crippen molar-refractivity contribution < 1.29 is 14.7 Å². The van der Waals surface area contributed by atoms with E-state index in [0.717, 1.165) is 5.69 Å². The maximum Gasteiger partial charge on any atom is 0.358 e. The van der Waals surface area contributed by atoms with Crippen LogP contribution in [0.2, 0.25) is 0 Å². The molecule has 3 rings (SSSR count). The molecule has 26 heavy (non-hydrogen) atoms. The summed E-state index contributed by atoms with van der Waals surface area (Å²) >= 11 is 0. The van der Waals surface area contributed by atoms with Crippen LogP contribution in [0, 0.1) is 6.92 Å². The van der Waals surface area contributed by atoms with Crippen molar-refractivity contribution in [1.29, 1.82) is 0 Å². The molecule has 3 heterocycles. The fourth-order valence-electron chi connectivity index (χ4n) is 3.15. The normalized spacial score (nSPS) is 15.5. The number of nitrogens with zero attached hydrogens (tertiary/aromatic N) is 6. The number of aryl methyl sites for hydroxylation is 1. The number of amides is 1. The SMILES string of the molecule is Cc1ncc(C(=O)N2CCC(n3cc(C(=O)O)nn3)CC2)c(C(C)C)n1. The summed E-state index contributed by atoms with van der Waals surface area (Å²) in [4.78, 5) is 34.2. The number of likely N-dealkylation sites (tertiary alicyclic amines) is 1. The number of carboxylic acid groups (broad SMARTS) is 1. The van der Waals surface area contributed by atoms with Gasteiger partial charge in [0.05, 0.1) is 23.5 Å². The van der Waals surface area contributed by atoms with Gasteiger partial charge in [-0.3, -0.25) is 4.79 Å². The fraction of sp³-hybridized carbons (Fsp3) is 0.529. The van der Waals surface area contributed by atoms with Crippen LogP contribution < -0.4 is 0 Å². The van der Waals surface area contributed by atoms with Crippen molar-refractivity contribution in [2.24, 2.45) is 0 Å². The second-order valence-corrected chi connectivity index (χ2v) is 6.78. The Morgan fingerprint density at radius 1 is 1.27 bits per heavy atom. The van der Waals surface area contributed by atoms with Gasteiger partial charge < -0.3 is 10.0 Å². The number of carbonyl (C=O) groups is 2. The standard InChI is InChI=1S/C17H22N6O3/c1-10(2)15-13(8-18-11(3)19-15)16(24)22-6-4-12(5-7-22)23-9-14(17(25)26)20-21-23/h8-10,12H,4-7H2,1-3H3,(H,25,26). The van der Waals surface area contributed by atoms with Crippen LogP contribution in [0.15, 0.2) is 12.4 Å². The number of hydrogen-bond acceptors (Lipinski definition) is 6. The number of aromatic nitrogens is 5. The number of rotatable bonds is 4. The van der Waals surface area contributed by atoms with E-state index >= 15 is 0 Å². The van der Waals surface area contributed by atoms with Crippen LogP contribution in [0.25, 0.3) is 0 Å². The van der Waals surface area contributed by atoms with Crippen molar-refractivity contribution in [1.82, 2.24) is 29.9 Å². The number of piperidine rings is 1. The molecule has 1 amide bonds. The van der Waals surface area contributed by atoms with Gasteiger partial charge in [-0.1, -0.05) is 19.1 Å². The third-order valence-corrected chi connectivity index (χ3v) is 4.57. The number of hydrogen-bond donors (Lipinski definition) is 1. The topological polar surface area (TPSA) is 114 Å². The lowest BCUT2D eigenvalue weighted by Gasteiger charge is -2.32. The lowest BCUT2D eigenvalue weighted by molar-refractivity contribution is 0.0682. The molecular weight excluding hydrogens is 336 g/mol. The van der Waals surface area contributed by atoms with Gasteiger partial charge >= 0.3 is 5.97 Å². The zero-order valence-corrected chi connectivity index (χ0v) is 15.1. The Morgan fingerprint density at radius 2 is 1.96 bits per heavy atom. The zero-order valence-electron chi connectivity index (χ0n) is 15.1. The van der Waals surface area contributed by atoms with Crippen molar-refractivity contribution >= 4 is 11.9 Å². The molecule has 1 N–H and O–H groups in total. The minimum atomic E-state index is -1.09. The second-order valence-electron chi connectivity index (χ2n) is 6.78. The Labute approximate surface area is 151 Å². The first-order valence-corrected chi connectivity index (χ1v) is 8.64. The van der Waals surface area contributed by atoms with Gasteiger partial charge in [0.2, 0.25) is 0 Å². The summed E-state index contributed by atoms with van der Waals surface area (Å²) in [6, 6.07) is 0.0403. The third kappa shape index (κ3) is 3.56. The van der Waals surface area contributed by atoms with Crippen LogP contribution in [0.5, 0.6) is 0 Å². The molecular formula is C17H22N6O3. The largest absolute Gasteiger partial charge is 0.476 e. The zero-order chi connectivity index (χ0) is 18.8. The van der Waals surface area contributed by atoms with Crippen molar-refractivity contribution in [3.63, 3.8) is 0 Å². The molecule has 1 fully saturated rings. The minimum Gasteiger partial charge on any atom is -0.476 e. The van der Waals surface area contributed by atoms with Crippen LogP contribution in [-0.2, 0) is 0 Å². The van der Waals surface area contributed by atoms with E-state index in [1.165, 1.54) is 6.20 Å². The summed E-state index contributed by atoms with van der Waals surface area (Å²) in [5.74, 6) is -0.358. The molecule has 0 aliphatic carbocycles. The lowest BCUT2D eigenvalue weighted by atomic mass is 10.0. The molecule has 1 saturated heterocycles. The van der Waals surface area contributed by atoms with E-state index in [1.54, 1.807) is 15.8 Å². The molecule has 1 aliphatic heterocycles. The number of aromatic carboxylic acids is 1. The maximum absolute atomic E-state index is 12.9. The number of carboxylic acids is 1. The van der Waals surface area contributed by atoms with E-state index in [-0.39, 0.29) is 23.6 Å². The van der Waals surface area contributed by atoms with E-state index in [2.05, 4.69) is 20.3 Å². The van der Waals surface area contributed by atoms with Gasteiger partial charge in [0.1, 0.15) is 5.82 Å². The fourth-order valence-corrected chi connectivity index (χ4v) is 3.15. The first-order chi connectivity index (χ1) is 12.4. The Bertz CT molecular complexity index is 824. The van der Waals surface area contributed by atoms with Crippen LogP contribution >= 0.6 is 0 Å². The van der Waals surface area contributed by atoms with Crippen molar-refractivity contribution in [2.75, 3.05) is 13.1 Å². The molecule has 2 aromatic rings. The van der Waals surface area contributed by atoms with E-state index in [4.69, 9.17) is 5.11 Å². The van der Waals surface area contributed by atoms with Gasteiger partial charge in [0.15, 0.2) is 5.69 Å². The highest BCUT2D eigenvalue weighted by atomic mass is 16.4. The van der Waals surface area contributed by atoms with Gasteiger partial charge in [0.25, 0.3) is 5.91 Å². The molecule has 9 nitrogen and oxygen atoms in total. The van der Waals surface area contributed by atoms with Gasteiger partial charge in [-0.2, -0.15) is 0 Å². The molecule has 0 atom stereocenters. The maximum atomic E-state index is 12.9. The van der Waals surface area contributed by atoms with Crippen molar-refractivity contribution in [2.45, 2.75) is 45.6 Å². The van der Waals surface area contributed by atoms with Crippen LogP contribution in [0.3, 0.4) is 0 Å². The van der Waals surface area contributed by atoms with Gasteiger partial charge in [-0.15, -0.1) is 5.10 Å². The highest BCUT2D eigenvalue weighted by Gasteiger charge is 2.28. The highest BCUT2D eigenvalue weighted by Crippen LogP contribution is 2.25. The quantitative estimate of drug-likeness (QED) is 0.884. The van der Waals surface area contributed by atoms with Gasteiger partial charge in [-0.05, 0) is 25.7 Å². The van der Waals surface area contributed by atoms with Gasteiger partial charge in [0, 0.05) is 19.3 Å².